The minimum Gasteiger partial charge on any atom is -0.356 e. The average molecular weight is 456 g/mol. The molecular weight excluding hydrogens is 439 g/mol. The Bertz CT molecular complexity index is 1340. The third kappa shape index (κ3) is 3.58. The third-order valence-corrected chi connectivity index (χ3v) is 5.94. The molecule has 3 aromatic carbocycles. The first-order valence-electron chi connectivity index (χ1n) is 9.99. The summed E-state index contributed by atoms with van der Waals surface area (Å²) in [5.74, 6) is -1.80. The fourth-order valence-corrected chi connectivity index (χ4v) is 4.42. The standard InChI is InChI=1S/C24H17ClF3N3O/c25-14-3-8-20-18(11-14)17-9-10-31(24(32)30-21-12-16(27)6-7-19(21)28)23(22(17)29-20)13-1-4-15(26)5-2-13/h1-8,11-12,23,29H,9-10H2,(H,30,32)/t23-/m0/s1. The SMILES string of the molecule is O=C(Nc1cc(F)ccc1F)N1CCc2c([nH]c3ccc(Cl)cc23)[C@@H]1c1ccc(F)cc1. The number of nitrogens with one attached hydrogen (secondary N) is 2. The van der Waals surface area contributed by atoms with Crippen molar-refractivity contribution in [2.75, 3.05) is 11.9 Å². The summed E-state index contributed by atoms with van der Waals surface area (Å²) in [6.45, 7) is 0.317. The molecule has 0 unspecified atom stereocenters. The van der Waals surface area contributed by atoms with Crippen LogP contribution in [-0.2, 0) is 6.42 Å². The third-order valence-electron chi connectivity index (χ3n) is 5.71. The fraction of sp³-hybridized carbons (Fsp3) is 0.125. The molecule has 162 valence electrons. The normalized spacial score (nSPS) is 15.6. The van der Waals surface area contributed by atoms with Crippen molar-refractivity contribution in [1.82, 2.24) is 9.88 Å². The van der Waals surface area contributed by atoms with E-state index in [0.29, 0.717) is 23.6 Å². The lowest BCUT2D eigenvalue weighted by atomic mass is 9.92. The van der Waals surface area contributed by atoms with Gasteiger partial charge in [0.1, 0.15) is 17.5 Å². The summed E-state index contributed by atoms with van der Waals surface area (Å²) in [7, 11) is 0. The van der Waals surface area contributed by atoms with E-state index in [1.54, 1.807) is 18.2 Å². The van der Waals surface area contributed by atoms with Gasteiger partial charge in [0.15, 0.2) is 0 Å². The lowest BCUT2D eigenvalue weighted by molar-refractivity contribution is 0.193. The Morgan fingerprint density at radius 1 is 1.00 bits per heavy atom. The average Bonchev–Trinajstić information content (AvgIpc) is 3.14. The van der Waals surface area contributed by atoms with E-state index in [1.807, 2.05) is 12.1 Å². The van der Waals surface area contributed by atoms with Gasteiger partial charge in [0.25, 0.3) is 0 Å². The van der Waals surface area contributed by atoms with Gasteiger partial charge in [-0.2, -0.15) is 0 Å². The van der Waals surface area contributed by atoms with Crippen LogP contribution in [0.15, 0.2) is 60.7 Å². The van der Waals surface area contributed by atoms with E-state index in [1.165, 1.54) is 17.0 Å². The van der Waals surface area contributed by atoms with Crippen LogP contribution in [0, 0.1) is 17.5 Å². The van der Waals surface area contributed by atoms with Gasteiger partial charge in [-0.3, -0.25) is 0 Å². The van der Waals surface area contributed by atoms with Crippen LogP contribution >= 0.6 is 11.6 Å². The zero-order chi connectivity index (χ0) is 22.4. The predicted octanol–water partition coefficient (Wildman–Crippen LogP) is 6.42. The Kier molecular flexibility index (Phi) is 5.06. The van der Waals surface area contributed by atoms with Gasteiger partial charge in [-0.05, 0) is 60.0 Å². The van der Waals surface area contributed by atoms with E-state index >= 15 is 0 Å². The zero-order valence-electron chi connectivity index (χ0n) is 16.6. The number of carbonyl (C=O) groups is 1. The Hall–Kier alpha value is -3.45. The van der Waals surface area contributed by atoms with Gasteiger partial charge < -0.3 is 15.2 Å². The lowest BCUT2D eigenvalue weighted by Gasteiger charge is -2.36. The molecule has 1 aliphatic rings. The summed E-state index contributed by atoms with van der Waals surface area (Å²) in [4.78, 5) is 18.1. The first kappa shape index (κ1) is 20.5. The molecule has 5 rings (SSSR count). The number of carbonyl (C=O) groups excluding carboxylic acids is 1. The second kappa shape index (κ2) is 7.91. The van der Waals surface area contributed by atoms with Crippen molar-refractivity contribution >= 4 is 34.2 Å². The molecule has 2 amide bonds. The molecule has 2 N–H and O–H groups in total. The van der Waals surface area contributed by atoms with E-state index in [-0.39, 0.29) is 5.69 Å². The second-order valence-corrected chi connectivity index (χ2v) is 8.10. The van der Waals surface area contributed by atoms with Crippen molar-refractivity contribution < 1.29 is 18.0 Å². The summed E-state index contributed by atoms with van der Waals surface area (Å²) in [6, 6.07) is 13.1. The molecule has 0 radical (unpaired) electrons. The maximum absolute atomic E-state index is 14.1. The Morgan fingerprint density at radius 3 is 2.53 bits per heavy atom. The molecule has 4 nitrogen and oxygen atoms in total. The molecule has 8 heteroatoms. The van der Waals surface area contributed by atoms with Crippen LogP contribution in [0.1, 0.15) is 22.9 Å². The van der Waals surface area contributed by atoms with Gasteiger partial charge >= 0.3 is 6.03 Å². The number of amides is 2. The molecule has 0 aliphatic carbocycles. The molecule has 0 saturated heterocycles. The Balaban J connectivity index is 1.59. The van der Waals surface area contributed by atoms with Crippen molar-refractivity contribution in [3.8, 4) is 0 Å². The van der Waals surface area contributed by atoms with Gasteiger partial charge in [0.05, 0.1) is 11.7 Å². The lowest BCUT2D eigenvalue weighted by Crippen LogP contribution is -2.43. The quantitative estimate of drug-likeness (QED) is 0.360. The minimum absolute atomic E-state index is 0.248. The van der Waals surface area contributed by atoms with Gasteiger partial charge in [-0.1, -0.05) is 23.7 Å². The topological polar surface area (TPSA) is 48.1 Å². The number of aromatic amines is 1. The van der Waals surface area contributed by atoms with Crippen molar-refractivity contribution in [2.24, 2.45) is 0 Å². The summed E-state index contributed by atoms with van der Waals surface area (Å²) in [5, 5.41) is 4.02. The molecule has 1 aromatic heterocycles. The van der Waals surface area contributed by atoms with E-state index in [0.717, 1.165) is 40.4 Å². The first-order valence-corrected chi connectivity index (χ1v) is 10.4. The number of benzene rings is 3. The molecular formula is C24H17ClF3N3O. The van der Waals surface area contributed by atoms with E-state index in [9.17, 15) is 18.0 Å². The first-order chi connectivity index (χ1) is 15.4. The molecule has 0 spiro atoms. The van der Waals surface area contributed by atoms with E-state index in [2.05, 4.69) is 10.3 Å². The smallest absolute Gasteiger partial charge is 0.322 e. The maximum atomic E-state index is 14.1. The summed E-state index contributed by atoms with van der Waals surface area (Å²) in [6.07, 6.45) is 0.534. The van der Waals surface area contributed by atoms with Crippen LogP contribution in [0.4, 0.5) is 23.7 Å². The number of urea groups is 1. The number of halogens is 4. The van der Waals surface area contributed by atoms with Gasteiger partial charge in [0.2, 0.25) is 0 Å². The largest absolute Gasteiger partial charge is 0.356 e. The maximum Gasteiger partial charge on any atom is 0.322 e. The molecule has 0 saturated carbocycles. The highest BCUT2D eigenvalue weighted by atomic mass is 35.5. The van der Waals surface area contributed by atoms with Crippen molar-refractivity contribution in [2.45, 2.75) is 12.5 Å². The molecule has 4 aromatic rings. The highest BCUT2D eigenvalue weighted by Gasteiger charge is 2.35. The zero-order valence-corrected chi connectivity index (χ0v) is 17.4. The predicted molar refractivity (Wildman–Crippen MR) is 117 cm³/mol. The fourth-order valence-electron chi connectivity index (χ4n) is 4.25. The molecule has 2 heterocycles. The number of nitrogens with zero attached hydrogens (tertiary/aromatic N) is 1. The molecule has 1 atom stereocenters. The number of rotatable bonds is 2. The van der Waals surface area contributed by atoms with Crippen molar-refractivity contribution in [3.63, 3.8) is 0 Å². The summed E-state index contributed by atoms with van der Waals surface area (Å²) >= 11 is 6.19. The van der Waals surface area contributed by atoms with E-state index < -0.39 is 29.5 Å². The minimum atomic E-state index is -0.740. The highest BCUT2D eigenvalue weighted by Crippen LogP contribution is 2.39. The van der Waals surface area contributed by atoms with Crippen LogP contribution in [0.2, 0.25) is 5.02 Å². The second-order valence-electron chi connectivity index (χ2n) is 7.66. The van der Waals surface area contributed by atoms with Crippen LogP contribution in [0.25, 0.3) is 10.9 Å². The number of anilines is 1. The number of hydrogen-bond donors (Lipinski definition) is 2. The van der Waals surface area contributed by atoms with Crippen LogP contribution in [0.5, 0.6) is 0 Å². The summed E-state index contributed by atoms with van der Waals surface area (Å²) in [5.41, 5.74) is 3.08. The van der Waals surface area contributed by atoms with Crippen molar-refractivity contribution in [1.29, 1.82) is 0 Å². The summed E-state index contributed by atoms with van der Waals surface area (Å²) < 4.78 is 41.3. The highest BCUT2D eigenvalue weighted by molar-refractivity contribution is 6.31. The van der Waals surface area contributed by atoms with Gasteiger partial charge in [-0.25, -0.2) is 18.0 Å². The van der Waals surface area contributed by atoms with Crippen LogP contribution in [0.3, 0.4) is 0 Å². The molecule has 0 bridgehead atoms. The monoisotopic (exact) mass is 455 g/mol. The van der Waals surface area contributed by atoms with Crippen molar-refractivity contribution in [3.05, 3.63) is 100.0 Å². The Morgan fingerprint density at radius 2 is 1.75 bits per heavy atom. The number of fused-ring (bicyclic) bond motifs is 3. The van der Waals surface area contributed by atoms with Gasteiger partial charge in [0, 0.05) is 34.2 Å². The van der Waals surface area contributed by atoms with Crippen LogP contribution in [-0.4, -0.2) is 22.5 Å². The Labute approximate surface area is 186 Å². The molecule has 32 heavy (non-hydrogen) atoms. The van der Waals surface area contributed by atoms with Gasteiger partial charge in [-0.15, -0.1) is 0 Å². The molecule has 0 fully saturated rings. The van der Waals surface area contributed by atoms with Crippen LogP contribution < -0.4 is 5.32 Å². The number of aromatic nitrogens is 1. The number of H-pyrrole nitrogens is 1. The number of hydrogen-bond acceptors (Lipinski definition) is 1. The van der Waals surface area contributed by atoms with E-state index in [4.69, 9.17) is 11.6 Å². The molecule has 1 aliphatic heterocycles.